The van der Waals surface area contributed by atoms with Crippen LogP contribution in [-0.4, -0.2) is 67.1 Å². The third kappa shape index (κ3) is 5.07. The van der Waals surface area contributed by atoms with Crippen molar-refractivity contribution in [3.63, 3.8) is 0 Å². The summed E-state index contributed by atoms with van der Waals surface area (Å²) < 4.78 is 55.0. The molecule has 2 heterocycles. The Labute approximate surface area is 165 Å². The van der Waals surface area contributed by atoms with Crippen LogP contribution in [0.5, 0.6) is 0 Å². The molecule has 0 aromatic heterocycles. The summed E-state index contributed by atoms with van der Waals surface area (Å²) in [6, 6.07) is 3.64. The first-order valence-corrected chi connectivity index (χ1v) is 11.2. The van der Waals surface area contributed by atoms with Crippen LogP contribution < -0.4 is 0 Å². The standard InChI is InChI=1S/C19H27F2N3O3S/c20-17-7-5-16(15-18(17)21)6-8-19(25)22-9-4-12-24(14-13-22)28(26,27)23-10-2-1-3-11-23/h5,7,15H,1-4,6,8-14H2. The molecule has 0 spiro atoms. The van der Waals surface area contributed by atoms with Crippen LogP contribution in [0.3, 0.4) is 0 Å². The Morgan fingerprint density at radius 1 is 0.857 bits per heavy atom. The van der Waals surface area contributed by atoms with Gasteiger partial charge in [0, 0.05) is 45.7 Å². The average molecular weight is 416 g/mol. The molecule has 0 aliphatic carbocycles. The van der Waals surface area contributed by atoms with Crippen LogP contribution in [0.1, 0.15) is 37.7 Å². The molecule has 1 aromatic carbocycles. The fraction of sp³-hybridized carbons (Fsp3) is 0.632. The van der Waals surface area contributed by atoms with Crippen LogP contribution >= 0.6 is 0 Å². The molecule has 2 fully saturated rings. The molecule has 28 heavy (non-hydrogen) atoms. The van der Waals surface area contributed by atoms with Gasteiger partial charge in [-0.2, -0.15) is 17.0 Å². The Morgan fingerprint density at radius 2 is 1.54 bits per heavy atom. The minimum Gasteiger partial charge on any atom is -0.341 e. The second kappa shape index (κ2) is 9.28. The summed E-state index contributed by atoms with van der Waals surface area (Å²) in [5, 5.41) is 0. The van der Waals surface area contributed by atoms with Gasteiger partial charge in [0.15, 0.2) is 11.6 Å². The highest BCUT2D eigenvalue weighted by molar-refractivity contribution is 7.86. The highest BCUT2D eigenvalue weighted by Gasteiger charge is 2.32. The summed E-state index contributed by atoms with van der Waals surface area (Å²) in [7, 11) is -3.47. The van der Waals surface area contributed by atoms with E-state index in [0.717, 1.165) is 31.4 Å². The van der Waals surface area contributed by atoms with E-state index in [0.29, 0.717) is 51.1 Å². The molecular formula is C19H27F2N3O3S. The zero-order valence-corrected chi connectivity index (χ0v) is 16.8. The van der Waals surface area contributed by atoms with E-state index >= 15 is 0 Å². The maximum absolute atomic E-state index is 13.3. The van der Waals surface area contributed by atoms with E-state index in [1.54, 1.807) is 9.21 Å². The van der Waals surface area contributed by atoms with Gasteiger partial charge in [-0.25, -0.2) is 8.78 Å². The first kappa shape index (κ1) is 21.1. The molecule has 0 unspecified atom stereocenters. The number of carbonyl (C=O) groups excluding carboxylic acids is 1. The SMILES string of the molecule is O=C(CCc1ccc(F)c(F)c1)N1CCCN(S(=O)(=O)N2CCCCC2)CC1. The lowest BCUT2D eigenvalue weighted by molar-refractivity contribution is -0.131. The summed E-state index contributed by atoms with van der Waals surface area (Å²) in [4.78, 5) is 14.2. The number of halogens is 2. The number of aryl methyl sites for hydroxylation is 1. The van der Waals surface area contributed by atoms with Crippen molar-refractivity contribution in [2.45, 2.75) is 38.5 Å². The van der Waals surface area contributed by atoms with Crippen molar-refractivity contribution in [2.75, 3.05) is 39.3 Å². The number of amides is 1. The van der Waals surface area contributed by atoms with Crippen molar-refractivity contribution >= 4 is 16.1 Å². The lowest BCUT2D eigenvalue weighted by Crippen LogP contribution is -2.47. The number of piperidine rings is 1. The van der Waals surface area contributed by atoms with E-state index in [1.165, 1.54) is 10.4 Å². The number of benzene rings is 1. The smallest absolute Gasteiger partial charge is 0.282 e. The van der Waals surface area contributed by atoms with E-state index in [4.69, 9.17) is 0 Å². The van der Waals surface area contributed by atoms with Crippen molar-refractivity contribution in [2.24, 2.45) is 0 Å². The molecule has 0 saturated carbocycles. The molecule has 6 nitrogen and oxygen atoms in total. The van der Waals surface area contributed by atoms with Gasteiger partial charge in [0.1, 0.15) is 0 Å². The lowest BCUT2D eigenvalue weighted by Gasteiger charge is -2.31. The van der Waals surface area contributed by atoms with Crippen molar-refractivity contribution in [3.05, 3.63) is 35.4 Å². The van der Waals surface area contributed by atoms with Gasteiger partial charge < -0.3 is 4.90 Å². The van der Waals surface area contributed by atoms with Gasteiger partial charge in [0.25, 0.3) is 10.2 Å². The Kier molecular flexibility index (Phi) is 7.00. The summed E-state index contributed by atoms with van der Waals surface area (Å²) in [5.74, 6) is -1.92. The topological polar surface area (TPSA) is 60.9 Å². The molecule has 1 aromatic rings. The zero-order valence-electron chi connectivity index (χ0n) is 15.9. The molecule has 2 aliphatic rings. The van der Waals surface area contributed by atoms with Crippen molar-refractivity contribution in [3.8, 4) is 0 Å². The number of rotatable bonds is 5. The van der Waals surface area contributed by atoms with Gasteiger partial charge in [0.05, 0.1) is 0 Å². The summed E-state index contributed by atoms with van der Waals surface area (Å²) in [6.45, 7) is 2.68. The van der Waals surface area contributed by atoms with Gasteiger partial charge in [0.2, 0.25) is 5.91 Å². The maximum atomic E-state index is 13.3. The molecule has 0 atom stereocenters. The fourth-order valence-corrected chi connectivity index (χ4v) is 5.46. The van der Waals surface area contributed by atoms with Gasteiger partial charge in [-0.1, -0.05) is 12.5 Å². The van der Waals surface area contributed by atoms with Crippen molar-refractivity contribution in [1.29, 1.82) is 0 Å². The van der Waals surface area contributed by atoms with E-state index < -0.39 is 21.8 Å². The Bertz CT molecular complexity index is 798. The van der Waals surface area contributed by atoms with E-state index in [1.807, 2.05) is 0 Å². The molecule has 0 radical (unpaired) electrons. The molecule has 2 aliphatic heterocycles. The minimum absolute atomic E-state index is 0.0954. The second-order valence-corrected chi connectivity index (χ2v) is 9.28. The van der Waals surface area contributed by atoms with Crippen LogP contribution in [0.4, 0.5) is 8.78 Å². The number of carbonyl (C=O) groups is 1. The second-order valence-electron chi connectivity index (χ2n) is 7.35. The molecule has 1 amide bonds. The first-order valence-electron chi connectivity index (χ1n) is 9.85. The first-order chi connectivity index (χ1) is 13.4. The summed E-state index contributed by atoms with van der Waals surface area (Å²) >= 11 is 0. The molecule has 0 bridgehead atoms. The van der Waals surface area contributed by atoms with Crippen LogP contribution in [0.15, 0.2) is 18.2 Å². The predicted octanol–water partition coefficient (Wildman–Crippen LogP) is 2.16. The quantitative estimate of drug-likeness (QED) is 0.741. The largest absolute Gasteiger partial charge is 0.341 e. The van der Waals surface area contributed by atoms with Gasteiger partial charge in [-0.05, 0) is 43.4 Å². The van der Waals surface area contributed by atoms with Gasteiger partial charge in [-0.3, -0.25) is 4.79 Å². The summed E-state index contributed by atoms with van der Waals surface area (Å²) in [5.41, 5.74) is 0.566. The van der Waals surface area contributed by atoms with Crippen molar-refractivity contribution in [1.82, 2.24) is 13.5 Å². The Balaban J connectivity index is 1.53. The van der Waals surface area contributed by atoms with Gasteiger partial charge >= 0.3 is 0 Å². The van der Waals surface area contributed by atoms with Crippen LogP contribution in [0, 0.1) is 11.6 Å². The molecule has 2 saturated heterocycles. The monoisotopic (exact) mass is 415 g/mol. The van der Waals surface area contributed by atoms with E-state index in [-0.39, 0.29) is 18.9 Å². The molecule has 9 heteroatoms. The third-order valence-electron chi connectivity index (χ3n) is 5.39. The molecule has 156 valence electrons. The minimum atomic E-state index is -3.47. The number of hydrogen-bond donors (Lipinski definition) is 0. The van der Waals surface area contributed by atoms with E-state index in [2.05, 4.69) is 0 Å². The average Bonchev–Trinajstić information content (AvgIpc) is 2.96. The van der Waals surface area contributed by atoms with Crippen LogP contribution in [0.25, 0.3) is 0 Å². The molecule has 3 rings (SSSR count). The highest BCUT2D eigenvalue weighted by Crippen LogP contribution is 2.19. The van der Waals surface area contributed by atoms with Crippen LogP contribution in [-0.2, 0) is 21.4 Å². The number of hydrogen-bond acceptors (Lipinski definition) is 3. The lowest BCUT2D eigenvalue weighted by atomic mass is 10.1. The molecule has 0 N–H and O–H groups in total. The molecular weight excluding hydrogens is 388 g/mol. The third-order valence-corrected chi connectivity index (χ3v) is 7.42. The Hall–Kier alpha value is -1.58. The fourth-order valence-electron chi connectivity index (χ4n) is 3.74. The highest BCUT2D eigenvalue weighted by atomic mass is 32.2. The van der Waals surface area contributed by atoms with Crippen LogP contribution in [0.2, 0.25) is 0 Å². The van der Waals surface area contributed by atoms with Crippen molar-refractivity contribution < 1.29 is 22.0 Å². The van der Waals surface area contributed by atoms with Gasteiger partial charge in [-0.15, -0.1) is 0 Å². The van der Waals surface area contributed by atoms with E-state index in [9.17, 15) is 22.0 Å². The summed E-state index contributed by atoms with van der Waals surface area (Å²) in [6.07, 6.45) is 3.94. The maximum Gasteiger partial charge on any atom is 0.282 e. The zero-order chi connectivity index (χ0) is 20.1. The Morgan fingerprint density at radius 3 is 2.25 bits per heavy atom. The predicted molar refractivity (Wildman–Crippen MR) is 102 cm³/mol. The number of nitrogens with zero attached hydrogens (tertiary/aromatic N) is 3. The normalized spacial score (nSPS) is 20.1.